The Labute approximate surface area is 163 Å². The number of nitrogens with zero attached hydrogens (tertiary/aromatic N) is 7. The fraction of sp³-hybridized carbons (Fsp3) is 0.667. The Morgan fingerprint density at radius 1 is 0.926 bits per heavy atom. The highest BCUT2D eigenvalue weighted by atomic mass is 32.1. The first kappa shape index (κ1) is 17.1. The maximum atomic E-state index is 5.46. The van der Waals surface area contributed by atoms with Crippen LogP contribution in [-0.2, 0) is 4.74 Å². The van der Waals surface area contributed by atoms with Crippen molar-refractivity contribution in [3.8, 4) is 0 Å². The minimum absolute atomic E-state index is 0.678. The van der Waals surface area contributed by atoms with Crippen LogP contribution >= 0.6 is 11.3 Å². The molecule has 3 aliphatic rings. The van der Waals surface area contributed by atoms with Crippen LogP contribution in [0.4, 0.5) is 16.9 Å². The Kier molecular flexibility index (Phi) is 4.56. The normalized spacial score (nSPS) is 21.0. The monoisotopic (exact) mass is 387 g/mol. The smallest absolute Gasteiger partial charge is 0.227 e. The van der Waals surface area contributed by atoms with Crippen LogP contribution in [0.15, 0.2) is 6.07 Å². The van der Waals surface area contributed by atoms with Crippen LogP contribution < -0.4 is 14.7 Å². The second-order valence-electron chi connectivity index (χ2n) is 7.44. The molecule has 8 nitrogen and oxygen atoms in total. The van der Waals surface area contributed by atoms with E-state index in [-0.39, 0.29) is 0 Å². The first-order valence-corrected chi connectivity index (χ1v) is 10.6. The van der Waals surface area contributed by atoms with E-state index in [1.807, 2.05) is 6.92 Å². The molecule has 0 atom stereocenters. The Morgan fingerprint density at radius 2 is 1.67 bits per heavy atom. The van der Waals surface area contributed by atoms with E-state index in [0.717, 1.165) is 75.1 Å². The molecule has 0 spiro atoms. The molecule has 2 saturated heterocycles. The van der Waals surface area contributed by atoms with Crippen molar-refractivity contribution < 1.29 is 4.74 Å². The summed E-state index contributed by atoms with van der Waals surface area (Å²) in [5, 5.41) is 11.1. The van der Waals surface area contributed by atoms with E-state index in [0.29, 0.717) is 5.92 Å². The summed E-state index contributed by atoms with van der Waals surface area (Å²) in [5.41, 5.74) is 1.02. The molecule has 5 rings (SSSR count). The predicted octanol–water partition coefficient (Wildman–Crippen LogP) is 1.68. The molecule has 2 aliphatic heterocycles. The summed E-state index contributed by atoms with van der Waals surface area (Å²) in [6.07, 6.45) is 2.55. The molecule has 27 heavy (non-hydrogen) atoms. The largest absolute Gasteiger partial charge is 0.378 e. The van der Waals surface area contributed by atoms with Crippen molar-refractivity contribution in [1.82, 2.24) is 20.2 Å². The van der Waals surface area contributed by atoms with Gasteiger partial charge < -0.3 is 19.4 Å². The fourth-order valence-electron chi connectivity index (χ4n) is 3.58. The van der Waals surface area contributed by atoms with Gasteiger partial charge in [-0.25, -0.2) is 4.98 Å². The summed E-state index contributed by atoms with van der Waals surface area (Å²) >= 11 is 1.77. The summed E-state index contributed by atoms with van der Waals surface area (Å²) in [6.45, 7) is 9.05. The van der Waals surface area contributed by atoms with Crippen molar-refractivity contribution in [2.45, 2.75) is 25.7 Å². The van der Waals surface area contributed by atoms with E-state index in [2.05, 4.69) is 31.0 Å². The molecular formula is C18H25N7OS. The zero-order chi connectivity index (χ0) is 18.2. The van der Waals surface area contributed by atoms with Crippen molar-refractivity contribution in [3.63, 3.8) is 0 Å². The number of rotatable bonds is 4. The first-order chi connectivity index (χ1) is 13.3. The molecule has 3 fully saturated rings. The number of hydrogen-bond donors (Lipinski definition) is 0. The highest BCUT2D eigenvalue weighted by Crippen LogP contribution is 2.42. The molecule has 0 radical (unpaired) electrons. The molecule has 4 heterocycles. The van der Waals surface area contributed by atoms with Crippen molar-refractivity contribution >= 4 is 28.2 Å². The zero-order valence-corrected chi connectivity index (χ0v) is 16.5. The average molecular weight is 388 g/mol. The molecule has 144 valence electrons. The lowest BCUT2D eigenvalue weighted by molar-refractivity contribution is 0.122. The first-order valence-electron chi connectivity index (χ1n) is 9.78. The quantitative estimate of drug-likeness (QED) is 0.785. The van der Waals surface area contributed by atoms with Crippen LogP contribution in [0.2, 0.25) is 0 Å². The lowest BCUT2D eigenvalue weighted by Crippen LogP contribution is -2.47. The number of aryl methyl sites for hydroxylation is 1. The molecule has 2 aromatic rings. The molecule has 0 amide bonds. The highest BCUT2D eigenvalue weighted by Gasteiger charge is 2.29. The number of morpholine rings is 1. The van der Waals surface area contributed by atoms with Gasteiger partial charge in [0.2, 0.25) is 11.1 Å². The van der Waals surface area contributed by atoms with E-state index < -0.39 is 0 Å². The number of hydrogen-bond acceptors (Lipinski definition) is 9. The Balaban J connectivity index is 1.26. The average Bonchev–Trinajstić information content (AvgIpc) is 3.45. The van der Waals surface area contributed by atoms with E-state index in [4.69, 9.17) is 14.7 Å². The van der Waals surface area contributed by atoms with Gasteiger partial charge in [-0.3, -0.25) is 0 Å². The zero-order valence-electron chi connectivity index (χ0n) is 15.7. The van der Waals surface area contributed by atoms with Crippen LogP contribution in [0.3, 0.4) is 0 Å². The topological polar surface area (TPSA) is 70.5 Å². The second-order valence-corrected chi connectivity index (χ2v) is 8.43. The van der Waals surface area contributed by atoms with Crippen molar-refractivity contribution in [1.29, 1.82) is 0 Å². The van der Waals surface area contributed by atoms with Gasteiger partial charge in [-0.1, -0.05) is 11.3 Å². The molecule has 0 unspecified atom stereocenters. The summed E-state index contributed by atoms with van der Waals surface area (Å²) in [4.78, 5) is 16.5. The Hall–Kier alpha value is -2.00. The third kappa shape index (κ3) is 3.70. The van der Waals surface area contributed by atoms with Gasteiger partial charge in [0.25, 0.3) is 0 Å². The van der Waals surface area contributed by atoms with Gasteiger partial charge in [0.1, 0.15) is 10.8 Å². The minimum Gasteiger partial charge on any atom is -0.378 e. The molecule has 0 aromatic carbocycles. The highest BCUT2D eigenvalue weighted by molar-refractivity contribution is 7.15. The molecule has 2 aromatic heterocycles. The lowest BCUT2D eigenvalue weighted by Gasteiger charge is -2.35. The van der Waals surface area contributed by atoms with Crippen molar-refractivity contribution in [2.24, 2.45) is 0 Å². The van der Waals surface area contributed by atoms with Crippen molar-refractivity contribution in [2.75, 3.05) is 67.2 Å². The lowest BCUT2D eigenvalue weighted by atomic mass is 10.3. The van der Waals surface area contributed by atoms with Gasteiger partial charge in [-0.15, -0.1) is 10.2 Å². The summed E-state index contributed by atoms with van der Waals surface area (Å²) in [5.74, 6) is 2.53. The van der Waals surface area contributed by atoms with Crippen LogP contribution in [0, 0.1) is 6.92 Å². The number of ether oxygens (including phenoxy) is 1. The minimum atomic E-state index is 0.678. The van der Waals surface area contributed by atoms with Crippen LogP contribution in [0.5, 0.6) is 0 Å². The number of piperazine rings is 1. The summed E-state index contributed by atoms with van der Waals surface area (Å²) in [6, 6.07) is 2.08. The van der Waals surface area contributed by atoms with Gasteiger partial charge >= 0.3 is 0 Å². The SMILES string of the molecule is Cc1cc(N2CCOCC2)nc(N2CCN(c3nnc(C4CC4)s3)CC2)n1. The van der Waals surface area contributed by atoms with Gasteiger partial charge in [-0.05, 0) is 19.8 Å². The Morgan fingerprint density at radius 3 is 2.41 bits per heavy atom. The standard InChI is InChI=1S/C18H25N7OS/c1-13-12-15(23-8-10-26-11-9-23)20-17(19-13)24-4-6-25(7-5-24)18-22-21-16(27-18)14-2-3-14/h12,14H,2-11H2,1H3. The van der Waals surface area contributed by atoms with Crippen molar-refractivity contribution in [3.05, 3.63) is 16.8 Å². The molecule has 1 aliphatic carbocycles. The molecule has 0 N–H and O–H groups in total. The third-order valence-corrected chi connectivity index (χ3v) is 6.50. The maximum Gasteiger partial charge on any atom is 0.227 e. The van der Waals surface area contributed by atoms with Crippen LogP contribution in [0.25, 0.3) is 0 Å². The second kappa shape index (κ2) is 7.20. The number of anilines is 3. The molecule has 1 saturated carbocycles. The molecular weight excluding hydrogens is 362 g/mol. The number of aromatic nitrogens is 4. The van der Waals surface area contributed by atoms with Gasteiger partial charge in [-0.2, -0.15) is 4.98 Å². The maximum absolute atomic E-state index is 5.46. The molecule has 0 bridgehead atoms. The van der Waals surface area contributed by atoms with Gasteiger partial charge in [0, 0.05) is 56.9 Å². The third-order valence-electron chi connectivity index (χ3n) is 5.35. The Bertz CT molecular complexity index is 795. The van der Waals surface area contributed by atoms with E-state index in [9.17, 15) is 0 Å². The van der Waals surface area contributed by atoms with Gasteiger partial charge in [0.15, 0.2) is 0 Å². The fourth-order valence-corrected chi connectivity index (χ4v) is 4.64. The summed E-state index contributed by atoms with van der Waals surface area (Å²) in [7, 11) is 0. The predicted molar refractivity (Wildman–Crippen MR) is 106 cm³/mol. The van der Waals surface area contributed by atoms with E-state index in [1.165, 1.54) is 17.8 Å². The van der Waals surface area contributed by atoms with Crippen LogP contribution in [0.1, 0.15) is 29.5 Å². The van der Waals surface area contributed by atoms with E-state index >= 15 is 0 Å². The summed E-state index contributed by atoms with van der Waals surface area (Å²) < 4.78 is 5.46. The molecule has 9 heteroatoms. The van der Waals surface area contributed by atoms with Crippen LogP contribution in [-0.4, -0.2) is 72.6 Å². The van der Waals surface area contributed by atoms with Gasteiger partial charge in [0.05, 0.1) is 13.2 Å². The van der Waals surface area contributed by atoms with E-state index in [1.54, 1.807) is 11.3 Å².